The molecule has 15 heavy (non-hydrogen) atoms. The summed E-state index contributed by atoms with van der Waals surface area (Å²) in [7, 11) is 1.58. The van der Waals surface area contributed by atoms with Crippen molar-refractivity contribution in [2.45, 2.75) is 44.3 Å². The van der Waals surface area contributed by atoms with E-state index in [1.165, 1.54) is 16.3 Å². The first-order valence-electron chi connectivity index (χ1n) is 5.10. The van der Waals surface area contributed by atoms with Crippen LogP contribution in [0.4, 0.5) is 4.79 Å². The fourth-order valence-electron chi connectivity index (χ4n) is 1.24. The SMILES string of the molecule is CCCCC(C=O)(CC)SN(C)C(=O)Cl. The summed E-state index contributed by atoms with van der Waals surface area (Å²) in [6.45, 7) is 4.02. The zero-order chi connectivity index (χ0) is 11.9. The highest BCUT2D eigenvalue weighted by Crippen LogP contribution is 2.34. The average molecular weight is 252 g/mol. The quantitative estimate of drug-likeness (QED) is 0.301. The van der Waals surface area contributed by atoms with Crippen LogP contribution in [-0.2, 0) is 4.79 Å². The van der Waals surface area contributed by atoms with Gasteiger partial charge in [-0.25, -0.2) is 0 Å². The van der Waals surface area contributed by atoms with Crippen LogP contribution in [0.25, 0.3) is 0 Å². The number of carbonyl (C=O) groups is 2. The molecule has 0 saturated carbocycles. The minimum Gasteiger partial charge on any atom is -0.302 e. The summed E-state index contributed by atoms with van der Waals surface area (Å²) in [5.74, 6) is 0. The molecule has 0 fully saturated rings. The van der Waals surface area contributed by atoms with Gasteiger partial charge in [-0.15, -0.1) is 0 Å². The summed E-state index contributed by atoms with van der Waals surface area (Å²) in [4.78, 5) is 22.0. The van der Waals surface area contributed by atoms with E-state index in [2.05, 4.69) is 6.92 Å². The predicted molar refractivity (Wildman–Crippen MR) is 65.2 cm³/mol. The minimum atomic E-state index is -0.545. The summed E-state index contributed by atoms with van der Waals surface area (Å²) in [5.41, 5.74) is 0. The first kappa shape index (κ1) is 14.8. The van der Waals surface area contributed by atoms with Crippen molar-refractivity contribution in [3.05, 3.63) is 0 Å². The molecule has 0 aliphatic carbocycles. The number of halogens is 1. The van der Waals surface area contributed by atoms with Crippen LogP contribution < -0.4 is 0 Å². The largest absolute Gasteiger partial charge is 0.326 e. The van der Waals surface area contributed by atoms with Crippen LogP contribution in [0.5, 0.6) is 0 Å². The molecule has 1 unspecified atom stereocenters. The van der Waals surface area contributed by atoms with Crippen LogP contribution >= 0.6 is 23.5 Å². The first-order valence-corrected chi connectivity index (χ1v) is 6.25. The van der Waals surface area contributed by atoms with E-state index in [-0.39, 0.29) is 0 Å². The average Bonchev–Trinajstić information content (AvgIpc) is 2.24. The number of carbonyl (C=O) groups excluding carboxylic acids is 2. The monoisotopic (exact) mass is 251 g/mol. The Balaban J connectivity index is 4.48. The van der Waals surface area contributed by atoms with E-state index in [9.17, 15) is 9.59 Å². The van der Waals surface area contributed by atoms with E-state index in [1.807, 2.05) is 6.92 Å². The van der Waals surface area contributed by atoms with E-state index >= 15 is 0 Å². The van der Waals surface area contributed by atoms with Gasteiger partial charge in [0.2, 0.25) is 0 Å². The molecule has 0 rings (SSSR count). The normalized spacial score (nSPS) is 14.4. The number of nitrogens with zero attached hydrogens (tertiary/aromatic N) is 1. The number of unbranched alkanes of at least 4 members (excludes halogenated alkanes) is 1. The summed E-state index contributed by atoms with van der Waals surface area (Å²) in [5, 5.41) is -0.545. The van der Waals surface area contributed by atoms with Gasteiger partial charge in [-0.05, 0) is 36.4 Å². The lowest BCUT2D eigenvalue weighted by molar-refractivity contribution is -0.110. The Morgan fingerprint density at radius 3 is 2.47 bits per heavy atom. The Kier molecular flexibility index (Phi) is 7.02. The summed E-state index contributed by atoms with van der Waals surface area (Å²) >= 11 is 6.56. The molecule has 0 aromatic rings. The lowest BCUT2D eigenvalue weighted by Crippen LogP contribution is -2.31. The highest BCUT2D eigenvalue weighted by Gasteiger charge is 2.31. The number of amides is 1. The van der Waals surface area contributed by atoms with Gasteiger partial charge in [0.1, 0.15) is 6.29 Å². The van der Waals surface area contributed by atoms with Crippen LogP contribution in [0.1, 0.15) is 39.5 Å². The third-order valence-electron chi connectivity index (χ3n) is 2.33. The second-order valence-corrected chi connectivity index (χ2v) is 5.35. The second-order valence-electron chi connectivity index (χ2n) is 3.48. The molecule has 1 amide bonds. The first-order chi connectivity index (χ1) is 7.01. The van der Waals surface area contributed by atoms with Crippen molar-refractivity contribution in [1.82, 2.24) is 4.31 Å². The van der Waals surface area contributed by atoms with Crippen LogP contribution in [0.2, 0.25) is 0 Å². The molecule has 0 aliphatic rings. The van der Waals surface area contributed by atoms with Gasteiger partial charge in [-0.2, -0.15) is 0 Å². The molecule has 0 spiro atoms. The molecule has 0 radical (unpaired) electrons. The molecular formula is C10H18ClNO2S. The lowest BCUT2D eigenvalue weighted by Gasteiger charge is -2.29. The molecule has 5 heteroatoms. The molecule has 0 bridgehead atoms. The highest BCUT2D eigenvalue weighted by atomic mass is 35.5. The summed E-state index contributed by atoms with van der Waals surface area (Å²) in [6.07, 6.45) is 4.43. The van der Waals surface area contributed by atoms with E-state index in [0.717, 1.165) is 25.5 Å². The Morgan fingerprint density at radius 1 is 1.53 bits per heavy atom. The van der Waals surface area contributed by atoms with Crippen molar-refractivity contribution in [3.63, 3.8) is 0 Å². The van der Waals surface area contributed by atoms with Gasteiger partial charge in [0.15, 0.2) is 0 Å². The van der Waals surface area contributed by atoms with Crippen molar-refractivity contribution >= 4 is 35.2 Å². The van der Waals surface area contributed by atoms with Crippen molar-refractivity contribution in [2.75, 3.05) is 7.05 Å². The van der Waals surface area contributed by atoms with Gasteiger partial charge >= 0.3 is 5.37 Å². The van der Waals surface area contributed by atoms with Gasteiger partial charge in [0.25, 0.3) is 0 Å². The zero-order valence-corrected chi connectivity index (χ0v) is 11.0. The van der Waals surface area contributed by atoms with Gasteiger partial charge < -0.3 is 4.79 Å². The van der Waals surface area contributed by atoms with Gasteiger partial charge in [-0.3, -0.25) is 9.10 Å². The van der Waals surface area contributed by atoms with Gasteiger partial charge in [0.05, 0.1) is 4.75 Å². The number of hydrogen-bond donors (Lipinski definition) is 0. The Labute approximate surface area is 101 Å². The van der Waals surface area contributed by atoms with E-state index in [0.29, 0.717) is 6.42 Å². The molecule has 1 atom stereocenters. The molecule has 0 aromatic carbocycles. The lowest BCUT2D eigenvalue weighted by atomic mass is 10.0. The smallest absolute Gasteiger partial charge is 0.302 e. The van der Waals surface area contributed by atoms with Crippen molar-refractivity contribution in [3.8, 4) is 0 Å². The maximum atomic E-state index is 11.1. The van der Waals surface area contributed by atoms with Crippen LogP contribution in [-0.4, -0.2) is 27.8 Å². The minimum absolute atomic E-state index is 0.505. The molecule has 0 aromatic heterocycles. The second kappa shape index (κ2) is 7.12. The van der Waals surface area contributed by atoms with Crippen LogP contribution in [0.15, 0.2) is 0 Å². The van der Waals surface area contributed by atoms with Gasteiger partial charge in [-0.1, -0.05) is 26.7 Å². The fourth-order valence-corrected chi connectivity index (χ4v) is 2.36. The Morgan fingerprint density at radius 2 is 2.13 bits per heavy atom. The number of rotatable bonds is 7. The molecule has 3 nitrogen and oxygen atoms in total. The number of aldehydes is 1. The third kappa shape index (κ3) is 4.89. The van der Waals surface area contributed by atoms with Crippen LogP contribution in [0.3, 0.4) is 0 Å². The molecular weight excluding hydrogens is 234 g/mol. The van der Waals surface area contributed by atoms with Crippen molar-refractivity contribution in [1.29, 1.82) is 0 Å². The van der Waals surface area contributed by atoms with E-state index in [4.69, 9.17) is 11.6 Å². The zero-order valence-electron chi connectivity index (χ0n) is 9.46. The molecule has 0 aliphatic heterocycles. The summed E-state index contributed by atoms with van der Waals surface area (Å²) < 4.78 is 0.810. The highest BCUT2D eigenvalue weighted by molar-refractivity contribution is 7.99. The van der Waals surface area contributed by atoms with Crippen molar-refractivity contribution < 1.29 is 9.59 Å². The third-order valence-corrected chi connectivity index (χ3v) is 4.08. The Hall–Kier alpha value is -0.220. The maximum absolute atomic E-state index is 11.1. The molecule has 0 heterocycles. The topological polar surface area (TPSA) is 37.4 Å². The van der Waals surface area contributed by atoms with Crippen molar-refractivity contribution in [2.24, 2.45) is 0 Å². The van der Waals surface area contributed by atoms with E-state index < -0.39 is 10.1 Å². The van der Waals surface area contributed by atoms with Crippen LogP contribution in [0, 0.1) is 0 Å². The fraction of sp³-hybridized carbons (Fsp3) is 0.800. The maximum Gasteiger partial charge on any atom is 0.326 e. The van der Waals surface area contributed by atoms with Gasteiger partial charge in [0, 0.05) is 7.05 Å². The molecule has 88 valence electrons. The van der Waals surface area contributed by atoms with E-state index in [1.54, 1.807) is 7.05 Å². The predicted octanol–water partition coefficient (Wildman–Crippen LogP) is 3.46. The number of hydrogen-bond acceptors (Lipinski definition) is 3. The Bertz CT molecular complexity index is 225. The molecule has 0 saturated heterocycles. The summed E-state index contributed by atoms with van der Waals surface area (Å²) in [6, 6.07) is 0. The molecule has 0 N–H and O–H groups in total. The standard InChI is InChI=1S/C10H18ClNO2S/c1-4-6-7-10(5-2,8-13)15-12(3)9(11)14/h8H,4-7H2,1-3H3.